The SMILES string of the molecule is CCCCCCC#CCCc1cc(N=CC(CCCC)=Nc2cc(CCC#CCCCCCC)c(CCC#CCCCCCC)c(CCC#CCCCCCC)c2CCC#CCCCCCC)c(CCC#CCCCCCC)c(CCC#CCCCCCC)c1CCC#CCCCCCC.[Ni+2]. The van der Waals surface area contributed by atoms with Gasteiger partial charge in [-0.05, 0) is 172 Å². The van der Waals surface area contributed by atoms with Gasteiger partial charge in [-0.2, -0.15) is 0 Å². The smallest absolute Gasteiger partial charge is 0.255 e. The molecule has 0 spiro atoms. The Kier molecular flexibility index (Phi) is 66.6. The van der Waals surface area contributed by atoms with E-state index in [1.165, 1.54) is 250 Å². The van der Waals surface area contributed by atoms with Crippen LogP contribution < -0.4 is 0 Å². The van der Waals surface area contributed by atoms with Gasteiger partial charge in [-0.15, -0.1) is 94.7 Å². The number of rotatable bonds is 54. The molecule has 0 aliphatic rings. The Balaban J connectivity index is 0.0000510. The van der Waals surface area contributed by atoms with Gasteiger partial charge in [0.05, 0.1) is 17.1 Å². The van der Waals surface area contributed by atoms with Crippen molar-refractivity contribution in [2.75, 3.05) is 0 Å². The molecule has 101 heavy (non-hydrogen) atoms. The van der Waals surface area contributed by atoms with Crippen molar-refractivity contribution in [2.45, 2.75) is 441 Å². The van der Waals surface area contributed by atoms with Gasteiger partial charge in [-0.3, -0.25) is 9.98 Å². The van der Waals surface area contributed by atoms with Crippen LogP contribution in [0.4, 0.5) is 11.4 Å². The molecule has 2 aromatic rings. The fraction of sp³-hybridized carbons (Fsp3) is 0.694. The summed E-state index contributed by atoms with van der Waals surface area (Å²) in [5.74, 6) is 58.4. The second-order valence-electron chi connectivity index (χ2n) is 28.3. The first-order valence-corrected chi connectivity index (χ1v) is 42.6. The summed E-state index contributed by atoms with van der Waals surface area (Å²) in [6, 6.07) is 4.97. The molecule has 2 nitrogen and oxygen atoms in total. The van der Waals surface area contributed by atoms with E-state index in [-0.39, 0.29) is 16.5 Å². The van der Waals surface area contributed by atoms with Crippen LogP contribution in [-0.4, -0.2) is 11.9 Å². The molecular formula is C98H148N2Ni+2. The summed E-state index contributed by atoms with van der Waals surface area (Å²) in [5.41, 5.74) is 14.5. The Labute approximate surface area is 638 Å². The Morgan fingerprint density at radius 1 is 0.238 bits per heavy atom. The van der Waals surface area contributed by atoms with E-state index in [0.29, 0.717) is 0 Å². The average molecular weight is 1410 g/mol. The third kappa shape index (κ3) is 49.9. The topological polar surface area (TPSA) is 24.7 Å². The maximum Gasteiger partial charge on any atom is 2.00 e. The molecule has 0 radical (unpaired) electrons. The van der Waals surface area contributed by atoms with Crippen molar-refractivity contribution in [3.63, 3.8) is 0 Å². The molecule has 0 bridgehead atoms. The molecule has 0 aliphatic heterocycles. The zero-order valence-corrected chi connectivity index (χ0v) is 68.1. The van der Waals surface area contributed by atoms with Crippen LogP contribution in [0.3, 0.4) is 0 Å². The first kappa shape index (κ1) is 93.8. The number of hydrogen-bond donors (Lipinski definition) is 0. The molecule has 0 amide bonds. The van der Waals surface area contributed by atoms with E-state index in [1.54, 1.807) is 0 Å². The Morgan fingerprint density at radius 3 is 0.723 bits per heavy atom. The van der Waals surface area contributed by atoms with E-state index in [2.05, 4.69) is 175 Å². The maximum atomic E-state index is 5.97. The molecule has 0 aromatic heterocycles. The van der Waals surface area contributed by atoms with E-state index >= 15 is 0 Å². The Morgan fingerprint density at radius 2 is 0.455 bits per heavy atom. The van der Waals surface area contributed by atoms with Crippen molar-refractivity contribution in [1.29, 1.82) is 0 Å². The third-order valence-corrected chi connectivity index (χ3v) is 19.2. The van der Waals surface area contributed by atoms with E-state index in [4.69, 9.17) is 9.98 Å². The van der Waals surface area contributed by atoms with Gasteiger partial charge in [0.15, 0.2) is 0 Å². The second-order valence-corrected chi connectivity index (χ2v) is 28.3. The van der Waals surface area contributed by atoms with Crippen LogP contribution in [0.5, 0.6) is 0 Å². The summed E-state index contributed by atoms with van der Waals surface area (Å²) < 4.78 is 0. The first-order valence-electron chi connectivity index (χ1n) is 42.6. The minimum atomic E-state index is 0. The van der Waals surface area contributed by atoms with Gasteiger partial charge in [0.2, 0.25) is 0 Å². The first-order chi connectivity index (χ1) is 49.5. The van der Waals surface area contributed by atoms with E-state index < -0.39 is 0 Å². The summed E-state index contributed by atoms with van der Waals surface area (Å²) in [5, 5.41) is 0. The molecule has 0 atom stereocenters. The summed E-state index contributed by atoms with van der Waals surface area (Å²) >= 11 is 0. The standard InChI is InChI=1S/C98H148N2.Ni/c1-10-19-28-36-44-52-60-68-76-88-85-97(95(83-74-66-58-50-42-34-25-16-7)93(81-72-64-56-48-40-32-23-14-5)91(88)79-70-62-54-46-38-30-21-12-3)99-87-90(78-27-18-9)100-98-86-89(77-69-61-53-45-37-29-20-11-2)92(80-71-63-55-47-39-31-22-13-4)94(82-73-65-57-49-41-33-24-15-6)96(98)84-75-67-59-51-43-35-26-17-8;/h85-87H,10-51,68-84H2,1-9H3;/q;+2. The van der Waals surface area contributed by atoms with Gasteiger partial charge in [-0.25, -0.2) is 0 Å². The van der Waals surface area contributed by atoms with Gasteiger partial charge >= 0.3 is 16.5 Å². The largest absolute Gasteiger partial charge is 2.00 e. The fourth-order valence-corrected chi connectivity index (χ4v) is 13.0. The third-order valence-electron chi connectivity index (χ3n) is 19.2. The van der Waals surface area contributed by atoms with Crippen molar-refractivity contribution in [3.05, 3.63) is 56.6 Å². The summed E-state index contributed by atoms with van der Waals surface area (Å²) in [6.45, 7) is 20.6. The number of nitrogens with zero attached hydrogens (tertiary/aromatic N) is 2. The van der Waals surface area contributed by atoms with Crippen LogP contribution in [0.15, 0.2) is 22.1 Å². The van der Waals surface area contributed by atoms with Crippen molar-refractivity contribution >= 4 is 23.3 Å². The van der Waals surface area contributed by atoms with Crippen LogP contribution in [0.2, 0.25) is 0 Å². The molecule has 2 aromatic carbocycles. The van der Waals surface area contributed by atoms with E-state index in [1.807, 2.05) is 0 Å². The molecule has 0 saturated carbocycles. The zero-order chi connectivity index (χ0) is 71.9. The maximum absolute atomic E-state index is 5.97. The van der Waals surface area contributed by atoms with Crippen molar-refractivity contribution in [2.24, 2.45) is 9.98 Å². The summed E-state index contributed by atoms with van der Waals surface area (Å²) in [6.07, 6.45) is 66.5. The second kappa shape index (κ2) is 71.7. The molecule has 558 valence electrons. The molecular weight excluding hydrogens is 1260 g/mol. The number of unbranched alkanes of at least 4 members (excludes halogenated alkanes) is 33. The average Bonchev–Trinajstić information content (AvgIpc) is 0.799. The molecule has 0 saturated heterocycles. The summed E-state index contributed by atoms with van der Waals surface area (Å²) in [4.78, 5) is 11.8. The van der Waals surface area contributed by atoms with Crippen LogP contribution in [0.1, 0.15) is 434 Å². The molecule has 3 heteroatoms. The van der Waals surface area contributed by atoms with Crippen molar-refractivity contribution in [3.8, 4) is 94.7 Å². The monoisotopic (exact) mass is 1410 g/mol. The Hall–Kier alpha value is -5.25. The van der Waals surface area contributed by atoms with Crippen molar-refractivity contribution < 1.29 is 16.5 Å². The van der Waals surface area contributed by atoms with Crippen LogP contribution in [0, 0.1) is 94.7 Å². The Bertz CT molecular complexity index is 3010. The van der Waals surface area contributed by atoms with Gasteiger partial charge in [0.1, 0.15) is 0 Å². The van der Waals surface area contributed by atoms with Crippen molar-refractivity contribution in [1.82, 2.24) is 0 Å². The van der Waals surface area contributed by atoms with Crippen LogP contribution in [0.25, 0.3) is 0 Å². The molecule has 2 rings (SSSR count). The summed E-state index contributed by atoms with van der Waals surface area (Å²) in [7, 11) is 0. The van der Waals surface area contributed by atoms with Gasteiger partial charge in [0.25, 0.3) is 0 Å². The molecule has 0 N–H and O–H groups in total. The minimum absolute atomic E-state index is 0. The van der Waals surface area contributed by atoms with Gasteiger partial charge in [0, 0.05) is 109 Å². The molecule has 0 unspecified atom stereocenters. The zero-order valence-electron chi connectivity index (χ0n) is 67.2. The quantitative estimate of drug-likeness (QED) is 0.0273. The predicted octanol–water partition coefficient (Wildman–Crippen LogP) is 28.6. The molecule has 0 aliphatic carbocycles. The minimum Gasteiger partial charge on any atom is -0.255 e. The molecule has 0 fully saturated rings. The van der Waals surface area contributed by atoms with Crippen LogP contribution >= 0.6 is 0 Å². The fourth-order valence-electron chi connectivity index (χ4n) is 13.0. The van der Waals surface area contributed by atoms with Crippen LogP contribution in [-0.2, 0) is 67.9 Å². The number of hydrogen-bond acceptors (Lipinski definition) is 2. The number of aliphatic imine (C=N–C) groups is 2. The number of benzene rings is 2. The van der Waals surface area contributed by atoms with E-state index in [9.17, 15) is 0 Å². The van der Waals surface area contributed by atoms with E-state index in [0.717, 1.165) is 190 Å². The molecule has 0 heterocycles. The normalized spacial score (nSPS) is 10.7. The number of aryl methyl sites for hydroxylation is 2. The van der Waals surface area contributed by atoms with Gasteiger partial charge in [-0.1, -0.05) is 223 Å². The van der Waals surface area contributed by atoms with Gasteiger partial charge < -0.3 is 0 Å². The predicted molar refractivity (Wildman–Crippen MR) is 447 cm³/mol.